The first kappa shape index (κ1) is 9.58. The van der Waals surface area contributed by atoms with E-state index in [1.54, 1.807) is 11.3 Å². The van der Waals surface area contributed by atoms with E-state index in [2.05, 4.69) is 15.1 Å². The fourth-order valence-corrected chi connectivity index (χ4v) is 2.43. The van der Waals surface area contributed by atoms with E-state index in [-0.39, 0.29) is 5.92 Å². The second-order valence-corrected chi connectivity index (χ2v) is 4.75. The van der Waals surface area contributed by atoms with Crippen molar-refractivity contribution in [2.45, 2.75) is 19.8 Å². The zero-order chi connectivity index (χ0) is 9.97. The van der Waals surface area contributed by atoms with Crippen LogP contribution in [0.4, 0.5) is 5.13 Å². The van der Waals surface area contributed by atoms with Crippen molar-refractivity contribution in [2.75, 3.05) is 18.0 Å². The van der Waals surface area contributed by atoms with Gasteiger partial charge >= 0.3 is 0 Å². The van der Waals surface area contributed by atoms with E-state index in [0.29, 0.717) is 0 Å². The largest absolute Gasteiger partial charge is 0.346 e. The predicted molar refractivity (Wildman–Crippen MR) is 55.6 cm³/mol. The lowest BCUT2D eigenvalue weighted by Crippen LogP contribution is -2.35. The number of aryl methyl sites for hydroxylation is 1. The molecular formula is C9H13N3OS. The molecule has 0 amide bonds. The number of rotatable bonds is 2. The molecule has 1 aliphatic heterocycles. The molecule has 4 nitrogen and oxygen atoms in total. The van der Waals surface area contributed by atoms with Gasteiger partial charge < -0.3 is 9.69 Å². The second-order valence-electron chi connectivity index (χ2n) is 3.59. The Bertz CT molecular complexity index is 326. The molecule has 1 aromatic heterocycles. The van der Waals surface area contributed by atoms with Gasteiger partial charge in [-0.3, -0.25) is 0 Å². The van der Waals surface area contributed by atoms with E-state index < -0.39 is 0 Å². The van der Waals surface area contributed by atoms with Gasteiger partial charge in [0, 0.05) is 19.0 Å². The number of nitrogens with zero attached hydrogens (tertiary/aromatic N) is 3. The van der Waals surface area contributed by atoms with Crippen molar-refractivity contribution in [2.24, 2.45) is 5.92 Å². The maximum absolute atomic E-state index is 10.7. The Morgan fingerprint density at radius 2 is 2.43 bits per heavy atom. The molecule has 2 rings (SSSR count). The highest BCUT2D eigenvalue weighted by Gasteiger charge is 2.21. The number of hydrogen-bond acceptors (Lipinski definition) is 5. The summed E-state index contributed by atoms with van der Waals surface area (Å²) in [6, 6.07) is 0. The molecule has 1 aromatic rings. The minimum absolute atomic E-state index is 0.174. The molecule has 0 bridgehead atoms. The van der Waals surface area contributed by atoms with Gasteiger partial charge in [-0.1, -0.05) is 11.3 Å². The summed E-state index contributed by atoms with van der Waals surface area (Å²) in [5.41, 5.74) is 0. The molecule has 0 radical (unpaired) electrons. The molecule has 1 aliphatic rings. The minimum atomic E-state index is 0.174. The SMILES string of the molecule is Cc1nnc(N2CCCC(C=O)C2)s1. The van der Waals surface area contributed by atoms with Gasteiger partial charge in [0.1, 0.15) is 11.3 Å². The van der Waals surface area contributed by atoms with Crippen LogP contribution < -0.4 is 4.90 Å². The standard InChI is InChI=1S/C9H13N3OS/c1-7-10-11-9(14-7)12-4-2-3-8(5-12)6-13/h6,8H,2-5H2,1H3. The summed E-state index contributed by atoms with van der Waals surface area (Å²) in [6.07, 6.45) is 3.14. The Morgan fingerprint density at radius 1 is 1.57 bits per heavy atom. The summed E-state index contributed by atoms with van der Waals surface area (Å²) in [6.45, 7) is 3.75. The van der Waals surface area contributed by atoms with Crippen LogP contribution in [0, 0.1) is 12.8 Å². The average Bonchev–Trinajstić information content (AvgIpc) is 2.65. The Kier molecular flexibility index (Phi) is 2.77. The van der Waals surface area contributed by atoms with E-state index in [4.69, 9.17) is 0 Å². The lowest BCUT2D eigenvalue weighted by molar-refractivity contribution is -0.111. The molecular weight excluding hydrogens is 198 g/mol. The van der Waals surface area contributed by atoms with Crippen molar-refractivity contribution in [3.63, 3.8) is 0 Å². The molecule has 1 unspecified atom stereocenters. The number of anilines is 1. The molecule has 0 aliphatic carbocycles. The molecule has 14 heavy (non-hydrogen) atoms. The Balaban J connectivity index is 2.07. The fraction of sp³-hybridized carbons (Fsp3) is 0.667. The highest BCUT2D eigenvalue weighted by atomic mass is 32.1. The van der Waals surface area contributed by atoms with Gasteiger partial charge in [0.25, 0.3) is 0 Å². The number of aromatic nitrogens is 2. The van der Waals surface area contributed by atoms with Crippen molar-refractivity contribution in [3.05, 3.63) is 5.01 Å². The van der Waals surface area contributed by atoms with Crippen LogP contribution in [0.15, 0.2) is 0 Å². The van der Waals surface area contributed by atoms with Crippen LogP contribution >= 0.6 is 11.3 Å². The number of carbonyl (C=O) groups excluding carboxylic acids is 1. The maximum atomic E-state index is 10.7. The van der Waals surface area contributed by atoms with E-state index >= 15 is 0 Å². The number of hydrogen-bond donors (Lipinski definition) is 0. The molecule has 5 heteroatoms. The fourth-order valence-electron chi connectivity index (χ4n) is 1.71. The first-order valence-electron chi connectivity index (χ1n) is 4.80. The average molecular weight is 211 g/mol. The van der Waals surface area contributed by atoms with Gasteiger partial charge in [-0.15, -0.1) is 10.2 Å². The first-order chi connectivity index (χ1) is 6.79. The number of carbonyl (C=O) groups is 1. The lowest BCUT2D eigenvalue weighted by Gasteiger charge is -2.29. The Morgan fingerprint density at radius 3 is 3.07 bits per heavy atom. The van der Waals surface area contributed by atoms with Crippen molar-refractivity contribution < 1.29 is 4.79 Å². The van der Waals surface area contributed by atoms with Crippen LogP contribution in [-0.4, -0.2) is 29.6 Å². The molecule has 0 aromatic carbocycles. The Hall–Kier alpha value is -0.970. The topological polar surface area (TPSA) is 46.1 Å². The third kappa shape index (κ3) is 1.92. The predicted octanol–water partition coefficient (Wildman–Crippen LogP) is 1.26. The van der Waals surface area contributed by atoms with Gasteiger partial charge in [0.15, 0.2) is 0 Å². The smallest absolute Gasteiger partial charge is 0.208 e. The maximum Gasteiger partial charge on any atom is 0.208 e. The van der Waals surface area contributed by atoms with Crippen molar-refractivity contribution >= 4 is 22.8 Å². The summed E-state index contributed by atoms with van der Waals surface area (Å²) in [5, 5.41) is 10.0. The van der Waals surface area contributed by atoms with E-state index in [1.807, 2.05) is 6.92 Å². The summed E-state index contributed by atoms with van der Waals surface area (Å²) >= 11 is 1.59. The van der Waals surface area contributed by atoms with Crippen LogP contribution in [0.2, 0.25) is 0 Å². The monoisotopic (exact) mass is 211 g/mol. The van der Waals surface area contributed by atoms with Gasteiger partial charge in [-0.2, -0.15) is 0 Å². The summed E-state index contributed by atoms with van der Waals surface area (Å²) < 4.78 is 0. The molecule has 2 heterocycles. The second kappa shape index (κ2) is 4.04. The minimum Gasteiger partial charge on any atom is -0.346 e. The van der Waals surface area contributed by atoms with Gasteiger partial charge in [0.2, 0.25) is 5.13 Å². The third-order valence-corrected chi connectivity index (χ3v) is 3.34. The zero-order valence-corrected chi connectivity index (χ0v) is 8.96. The number of piperidine rings is 1. The van der Waals surface area contributed by atoms with Crippen molar-refractivity contribution in [1.29, 1.82) is 0 Å². The van der Waals surface area contributed by atoms with Crippen LogP contribution in [0.1, 0.15) is 17.8 Å². The quantitative estimate of drug-likeness (QED) is 0.691. The third-order valence-electron chi connectivity index (χ3n) is 2.44. The number of aldehydes is 1. The summed E-state index contributed by atoms with van der Waals surface area (Å²) in [7, 11) is 0. The lowest BCUT2D eigenvalue weighted by atomic mass is 10.0. The molecule has 0 spiro atoms. The van der Waals surface area contributed by atoms with Crippen molar-refractivity contribution in [1.82, 2.24) is 10.2 Å². The molecule has 1 saturated heterocycles. The van der Waals surface area contributed by atoms with E-state index in [0.717, 1.165) is 42.4 Å². The first-order valence-corrected chi connectivity index (χ1v) is 5.61. The summed E-state index contributed by atoms with van der Waals surface area (Å²) in [5.74, 6) is 0.174. The normalized spacial score (nSPS) is 22.4. The van der Waals surface area contributed by atoms with Crippen LogP contribution in [0.25, 0.3) is 0 Å². The summed E-state index contributed by atoms with van der Waals surface area (Å²) in [4.78, 5) is 12.8. The van der Waals surface area contributed by atoms with Crippen LogP contribution in [0.5, 0.6) is 0 Å². The highest BCUT2D eigenvalue weighted by Crippen LogP contribution is 2.24. The van der Waals surface area contributed by atoms with Crippen LogP contribution in [0.3, 0.4) is 0 Å². The van der Waals surface area contributed by atoms with Gasteiger partial charge in [0.05, 0.1) is 0 Å². The molecule has 1 atom stereocenters. The highest BCUT2D eigenvalue weighted by molar-refractivity contribution is 7.15. The molecule has 76 valence electrons. The van der Waals surface area contributed by atoms with E-state index in [1.165, 1.54) is 0 Å². The van der Waals surface area contributed by atoms with E-state index in [9.17, 15) is 4.79 Å². The van der Waals surface area contributed by atoms with Gasteiger partial charge in [-0.25, -0.2) is 0 Å². The van der Waals surface area contributed by atoms with Crippen LogP contribution in [-0.2, 0) is 4.79 Å². The van der Waals surface area contributed by atoms with Gasteiger partial charge in [-0.05, 0) is 19.8 Å². The zero-order valence-electron chi connectivity index (χ0n) is 8.14. The Labute approximate surface area is 86.9 Å². The molecule has 0 saturated carbocycles. The molecule has 1 fully saturated rings. The molecule has 0 N–H and O–H groups in total. The van der Waals surface area contributed by atoms with Crippen molar-refractivity contribution in [3.8, 4) is 0 Å².